The zero-order valence-corrected chi connectivity index (χ0v) is 5.26. The Balaban J connectivity index is 2.59. The van der Waals surface area contributed by atoms with Crippen LogP contribution in [0.5, 0.6) is 0 Å². The topological polar surface area (TPSA) is 26.1 Å². The van der Waals surface area contributed by atoms with Crippen LogP contribution in [0, 0.1) is 5.82 Å². The molecule has 1 aromatic carbocycles. The molecule has 10 heavy (non-hydrogen) atoms. The Morgan fingerprint density at radius 3 is 3.20 bits per heavy atom. The molecule has 0 unspecified atom stereocenters. The molecule has 0 bridgehead atoms. The van der Waals surface area contributed by atoms with Gasteiger partial charge in [-0.1, -0.05) is 6.07 Å². The zero-order valence-electron chi connectivity index (χ0n) is 5.26. The van der Waals surface area contributed by atoms with Crippen LogP contribution < -0.4 is 10.6 Å². The third-order valence-electron chi connectivity index (χ3n) is 1.50. The van der Waals surface area contributed by atoms with Gasteiger partial charge < -0.3 is 5.32 Å². The number of nitrogens with one attached hydrogen (secondary N) is 1. The van der Waals surface area contributed by atoms with Crippen molar-refractivity contribution < 1.29 is 4.39 Å². The highest BCUT2D eigenvalue weighted by Crippen LogP contribution is 2.28. The van der Waals surface area contributed by atoms with Crippen LogP contribution in [0.4, 0.5) is 15.8 Å². The summed E-state index contributed by atoms with van der Waals surface area (Å²) in [6.45, 7) is 0.496. The Morgan fingerprint density at radius 1 is 1.50 bits per heavy atom. The molecule has 0 spiro atoms. The van der Waals surface area contributed by atoms with Crippen molar-refractivity contribution in [3.8, 4) is 0 Å². The Hall–Kier alpha value is -1.25. The lowest BCUT2D eigenvalue weighted by Crippen LogP contribution is -1.98. The molecule has 0 aromatic heterocycles. The fourth-order valence-electron chi connectivity index (χ4n) is 1.02. The summed E-state index contributed by atoms with van der Waals surface area (Å²) in [6, 6.07) is 4.87. The van der Waals surface area contributed by atoms with E-state index in [4.69, 9.17) is 0 Å². The number of fused-ring (bicyclic) bond motifs is 1. The molecule has 0 atom stereocenters. The first-order chi connectivity index (χ1) is 4.88. The third-order valence-corrected chi connectivity index (χ3v) is 1.50. The average molecular weight is 137 g/mol. The second-order valence-corrected chi connectivity index (χ2v) is 2.13. The van der Waals surface area contributed by atoms with Gasteiger partial charge in [-0.25, -0.2) is 4.39 Å². The third kappa shape index (κ3) is 0.635. The minimum Gasteiger partial charge on any atom is -0.362 e. The molecule has 1 aliphatic heterocycles. The molecular formula is C7H6FN2. The summed E-state index contributed by atoms with van der Waals surface area (Å²) in [4.78, 5) is 0. The smallest absolute Gasteiger partial charge is 0.148 e. The van der Waals surface area contributed by atoms with Crippen molar-refractivity contribution in [2.45, 2.75) is 0 Å². The summed E-state index contributed by atoms with van der Waals surface area (Å²) in [6.07, 6.45) is 0. The highest BCUT2D eigenvalue weighted by Gasteiger charge is 2.13. The van der Waals surface area contributed by atoms with Crippen molar-refractivity contribution in [1.29, 1.82) is 0 Å². The molecule has 1 radical (unpaired) electrons. The van der Waals surface area contributed by atoms with Crippen LogP contribution in [-0.2, 0) is 0 Å². The Labute approximate surface area is 58.1 Å². The molecule has 1 N–H and O–H groups in total. The number of para-hydroxylation sites is 1. The fraction of sp³-hybridized carbons (Fsp3) is 0.143. The van der Waals surface area contributed by atoms with Crippen molar-refractivity contribution in [3.05, 3.63) is 24.0 Å². The van der Waals surface area contributed by atoms with Gasteiger partial charge in [-0.3, -0.25) is 5.32 Å². The molecule has 1 aliphatic rings. The Bertz CT molecular complexity index is 260. The van der Waals surface area contributed by atoms with E-state index < -0.39 is 0 Å². The summed E-state index contributed by atoms with van der Waals surface area (Å²) in [5.74, 6) is -0.223. The second kappa shape index (κ2) is 1.87. The van der Waals surface area contributed by atoms with Gasteiger partial charge in [0.15, 0.2) is 0 Å². The molecular weight excluding hydrogens is 131 g/mol. The van der Waals surface area contributed by atoms with Crippen LogP contribution in [0.25, 0.3) is 0 Å². The molecule has 2 nitrogen and oxygen atoms in total. The monoisotopic (exact) mass is 137 g/mol. The van der Waals surface area contributed by atoms with Gasteiger partial charge in [-0.15, -0.1) is 0 Å². The van der Waals surface area contributed by atoms with Gasteiger partial charge in [0, 0.05) is 0 Å². The fourth-order valence-corrected chi connectivity index (χ4v) is 1.02. The maximum Gasteiger partial charge on any atom is 0.148 e. The lowest BCUT2D eigenvalue weighted by atomic mass is 10.3. The van der Waals surface area contributed by atoms with E-state index in [1.54, 1.807) is 12.1 Å². The van der Waals surface area contributed by atoms with E-state index in [0.717, 1.165) is 5.69 Å². The second-order valence-electron chi connectivity index (χ2n) is 2.13. The van der Waals surface area contributed by atoms with Crippen molar-refractivity contribution >= 4 is 11.4 Å². The quantitative estimate of drug-likeness (QED) is 0.575. The van der Waals surface area contributed by atoms with Crippen molar-refractivity contribution in [3.63, 3.8) is 0 Å². The molecule has 0 fully saturated rings. The minimum absolute atomic E-state index is 0.223. The number of hydrogen-bond acceptors (Lipinski definition) is 1. The van der Waals surface area contributed by atoms with Crippen molar-refractivity contribution in [1.82, 2.24) is 5.32 Å². The lowest BCUT2D eigenvalue weighted by molar-refractivity contribution is 0.632. The first-order valence-corrected chi connectivity index (χ1v) is 3.08. The van der Waals surface area contributed by atoms with E-state index >= 15 is 0 Å². The summed E-state index contributed by atoms with van der Waals surface area (Å²) in [5, 5.41) is 6.84. The number of rotatable bonds is 0. The molecule has 0 saturated carbocycles. The van der Waals surface area contributed by atoms with E-state index in [1.165, 1.54) is 6.07 Å². The molecule has 0 aliphatic carbocycles. The predicted molar refractivity (Wildman–Crippen MR) is 36.7 cm³/mol. The SMILES string of the molecule is Fc1cccc2c1NC[N]2. The van der Waals surface area contributed by atoms with Crippen LogP contribution in [0.15, 0.2) is 18.2 Å². The van der Waals surface area contributed by atoms with Crippen LogP contribution >= 0.6 is 0 Å². The van der Waals surface area contributed by atoms with Crippen LogP contribution in [-0.4, -0.2) is 6.67 Å². The van der Waals surface area contributed by atoms with Crippen molar-refractivity contribution in [2.75, 3.05) is 12.0 Å². The standard InChI is InChI=1S/C7H6FN2/c8-5-2-1-3-6-7(5)10-4-9-6/h1-3,10H,4H2. The molecule has 0 saturated heterocycles. The maximum atomic E-state index is 12.8. The normalized spacial score (nSPS) is 13.7. The number of benzene rings is 1. The van der Waals surface area contributed by atoms with Gasteiger partial charge in [0.05, 0.1) is 11.4 Å². The predicted octanol–water partition coefficient (Wildman–Crippen LogP) is 1.44. The first kappa shape index (κ1) is 5.53. The van der Waals surface area contributed by atoms with E-state index in [2.05, 4.69) is 10.6 Å². The highest BCUT2D eigenvalue weighted by molar-refractivity contribution is 5.68. The molecule has 1 heterocycles. The molecule has 51 valence electrons. The number of hydrogen-bond donors (Lipinski definition) is 1. The summed E-state index contributed by atoms with van der Waals surface area (Å²) >= 11 is 0. The summed E-state index contributed by atoms with van der Waals surface area (Å²) < 4.78 is 12.8. The highest BCUT2D eigenvalue weighted by atomic mass is 19.1. The van der Waals surface area contributed by atoms with Gasteiger partial charge in [-0.2, -0.15) is 0 Å². The maximum absolute atomic E-state index is 12.8. The summed E-state index contributed by atoms with van der Waals surface area (Å²) in [7, 11) is 0. The van der Waals surface area contributed by atoms with E-state index in [1.807, 2.05) is 0 Å². The number of anilines is 1. The lowest BCUT2D eigenvalue weighted by Gasteiger charge is -1.96. The van der Waals surface area contributed by atoms with Crippen LogP contribution in [0.1, 0.15) is 0 Å². The average Bonchev–Trinajstić information content (AvgIpc) is 2.36. The largest absolute Gasteiger partial charge is 0.362 e. The number of halogens is 1. The van der Waals surface area contributed by atoms with Gasteiger partial charge in [0.2, 0.25) is 0 Å². The van der Waals surface area contributed by atoms with E-state index in [9.17, 15) is 4.39 Å². The van der Waals surface area contributed by atoms with Crippen LogP contribution in [0.3, 0.4) is 0 Å². The van der Waals surface area contributed by atoms with Gasteiger partial charge in [0.1, 0.15) is 12.5 Å². The molecule has 1 aromatic rings. The van der Waals surface area contributed by atoms with Gasteiger partial charge in [-0.05, 0) is 12.1 Å². The Morgan fingerprint density at radius 2 is 2.40 bits per heavy atom. The molecule has 3 heteroatoms. The van der Waals surface area contributed by atoms with E-state index in [0.29, 0.717) is 12.4 Å². The van der Waals surface area contributed by atoms with Gasteiger partial charge >= 0.3 is 0 Å². The van der Waals surface area contributed by atoms with Gasteiger partial charge in [0.25, 0.3) is 0 Å². The Kier molecular flexibility index (Phi) is 1.03. The van der Waals surface area contributed by atoms with Crippen LogP contribution in [0.2, 0.25) is 0 Å². The minimum atomic E-state index is -0.223. The first-order valence-electron chi connectivity index (χ1n) is 3.08. The zero-order chi connectivity index (χ0) is 6.97. The number of nitrogens with zero attached hydrogens (tertiary/aromatic N) is 1. The van der Waals surface area contributed by atoms with E-state index in [-0.39, 0.29) is 5.82 Å². The van der Waals surface area contributed by atoms with Crippen molar-refractivity contribution in [2.24, 2.45) is 0 Å². The molecule has 0 amide bonds. The summed E-state index contributed by atoms with van der Waals surface area (Å²) in [5.41, 5.74) is 1.25. The molecule has 2 rings (SSSR count).